The van der Waals surface area contributed by atoms with E-state index in [9.17, 15) is 0 Å². The number of nitrogens with zero attached hydrogens (tertiary/aromatic N) is 3. The highest BCUT2D eigenvalue weighted by Gasteiger charge is 2.18. The SMILES string of the molecule is CC.CC.COc1nsnc1N1CCOCC1. The van der Waals surface area contributed by atoms with Gasteiger partial charge in [-0.1, -0.05) is 27.7 Å². The van der Waals surface area contributed by atoms with E-state index in [-0.39, 0.29) is 0 Å². The van der Waals surface area contributed by atoms with Crippen LogP contribution in [0.15, 0.2) is 0 Å². The van der Waals surface area contributed by atoms with Crippen LogP contribution >= 0.6 is 11.7 Å². The van der Waals surface area contributed by atoms with E-state index in [4.69, 9.17) is 9.47 Å². The second-order valence-electron chi connectivity index (χ2n) is 2.70. The monoisotopic (exact) mass is 261 g/mol. The molecule has 0 saturated carbocycles. The van der Waals surface area contributed by atoms with Gasteiger partial charge >= 0.3 is 0 Å². The highest BCUT2D eigenvalue weighted by molar-refractivity contribution is 6.99. The van der Waals surface area contributed by atoms with Crippen molar-refractivity contribution in [1.82, 2.24) is 8.75 Å². The van der Waals surface area contributed by atoms with Crippen LogP contribution in [0.4, 0.5) is 5.82 Å². The molecule has 0 aromatic carbocycles. The van der Waals surface area contributed by atoms with Gasteiger partial charge in [-0.05, 0) is 0 Å². The zero-order chi connectivity index (χ0) is 13.1. The number of methoxy groups -OCH3 is 1. The Hall–Kier alpha value is -0.880. The molecular formula is C11H23N3O2S. The minimum Gasteiger partial charge on any atom is -0.478 e. The molecule has 0 unspecified atom stereocenters. The minimum absolute atomic E-state index is 0.618. The molecule has 6 heteroatoms. The van der Waals surface area contributed by atoms with E-state index < -0.39 is 0 Å². The summed E-state index contributed by atoms with van der Waals surface area (Å²) in [5.41, 5.74) is 0. The first-order valence-corrected chi connectivity index (χ1v) is 6.84. The Morgan fingerprint density at radius 1 is 1.12 bits per heavy atom. The summed E-state index contributed by atoms with van der Waals surface area (Å²) in [6.45, 7) is 11.2. The highest BCUT2D eigenvalue weighted by Crippen LogP contribution is 2.25. The second kappa shape index (κ2) is 10.3. The summed E-state index contributed by atoms with van der Waals surface area (Å²) >= 11 is 1.18. The molecule has 0 aliphatic carbocycles. The number of hydrogen-bond acceptors (Lipinski definition) is 6. The molecule has 5 nitrogen and oxygen atoms in total. The quantitative estimate of drug-likeness (QED) is 0.818. The van der Waals surface area contributed by atoms with E-state index in [1.807, 2.05) is 27.7 Å². The zero-order valence-electron chi connectivity index (χ0n) is 11.4. The molecule has 0 atom stereocenters. The topological polar surface area (TPSA) is 47.5 Å². The Kier molecular flexibility index (Phi) is 9.75. The summed E-state index contributed by atoms with van der Waals surface area (Å²) in [7, 11) is 1.61. The van der Waals surface area contributed by atoms with Crippen molar-refractivity contribution in [3.05, 3.63) is 0 Å². The van der Waals surface area contributed by atoms with E-state index in [1.165, 1.54) is 11.7 Å². The largest absolute Gasteiger partial charge is 0.478 e. The number of aromatic nitrogens is 2. The average molecular weight is 261 g/mol. The van der Waals surface area contributed by atoms with Gasteiger partial charge in [-0.15, -0.1) is 4.37 Å². The fourth-order valence-electron chi connectivity index (χ4n) is 1.27. The minimum atomic E-state index is 0.618. The number of ether oxygens (including phenoxy) is 2. The van der Waals surface area contributed by atoms with Crippen LogP contribution in [0.5, 0.6) is 5.88 Å². The van der Waals surface area contributed by atoms with E-state index in [1.54, 1.807) is 7.11 Å². The maximum absolute atomic E-state index is 5.24. The molecule has 2 heterocycles. The van der Waals surface area contributed by atoms with Crippen LogP contribution in [0, 0.1) is 0 Å². The first-order chi connectivity index (χ1) is 8.42. The standard InChI is InChI=1S/C7H11N3O2S.2C2H6/c1-11-7-6(8-13-9-7)10-2-4-12-5-3-10;2*1-2/h2-5H2,1H3;2*1-2H3. The summed E-state index contributed by atoms with van der Waals surface area (Å²) in [5.74, 6) is 1.46. The Labute approximate surface area is 108 Å². The Balaban J connectivity index is 0.000000581. The summed E-state index contributed by atoms with van der Waals surface area (Å²) in [6.07, 6.45) is 0. The summed E-state index contributed by atoms with van der Waals surface area (Å²) in [6, 6.07) is 0. The molecule has 1 fully saturated rings. The predicted molar refractivity (Wildman–Crippen MR) is 72.2 cm³/mol. The third-order valence-electron chi connectivity index (χ3n) is 1.95. The molecule has 0 bridgehead atoms. The van der Waals surface area contributed by atoms with Crippen LogP contribution < -0.4 is 9.64 Å². The van der Waals surface area contributed by atoms with Crippen molar-refractivity contribution in [3.8, 4) is 5.88 Å². The molecule has 0 radical (unpaired) electrons. The van der Waals surface area contributed by atoms with Crippen molar-refractivity contribution < 1.29 is 9.47 Å². The first kappa shape index (κ1) is 16.1. The molecule has 2 rings (SSSR count). The van der Waals surface area contributed by atoms with Gasteiger partial charge in [-0.2, -0.15) is 4.37 Å². The molecule has 1 saturated heterocycles. The van der Waals surface area contributed by atoms with Gasteiger partial charge < -0.3 is 14.4 Å². The van der Waals surface area contributed by atoms with Crippen molar-refractivity contribution in [2.45, 2.75) is 27.7 Å². The molecule has 1 aromatic rings. The lowest BCUT2D eigenvalue weighted by molar-refractivity contribution is 0.122. The number of morpholine rings is 1. The van der Waals surface area contributed by atoms with Gasteiger partial charge in [0.15, 0.2) is 0 Å². The van der Waals surface area contributed by atoms with Gasteiger partial charge in [-0.3, -0.25) is 0 Å². The molecule has 0 N–H and O–H groups in total. The molecule has 100 valence electrons. The third-order valence-corrected chi connectivity index (χ3v) is 2.45. The highest BCUT2D eigenvalue weighted by atomic mass is 32.1. The molecule has 17 heavy (non-hydrogen) atoms. The van der Waals surface area contributed by atoms with Crippen LogP contribution in [0.3, 0.4) is 0 Å². The van der Waals surface area contributed by atoms with Crippen molar-refractivity contribution in [3.63, 3.8) is 0 Å². The molecule has 1 aromatic heterocycles. The lowest BCUT2D eigenvalue weighted by Crippen LogP contribution is -2.36. The smallest absolute Gasteiger partial charge is 0.270 e. The molecule has 0 spiro atoms. The predicted octanol–water partition coefficient (Wildman–Crippen LogP) is 2.44. The fraction of sp³-hybridized carbons (Fsp3) is 0.818. The van der Waals surface area contributed by atoms with Crippen molar-refractivity contribution >= 4 is 17.5 Å². The van der Waals surface area contributed by atoms with Crippen molar-refractivity contribution in [1.29, 1.82) is 0 Å². The molecule has 0 amide bonds. The maximum atomic E-state index is 5.24. The van der Waals surface area contributed by atoms with Crippen LogP contribution in [0.1, 0.15) is 27.7 Å². The van der Waals surface area contributed by atoms with Gasteiger partial charge in [-0.25, -0.2) is 0 Å². The second-order valence-corrected chi connectivity index (χ2v) is 3.22. The van der Waals surface area contributed by atoms with Gasteiger partial charge in [0.1, 0.15) is 0 Å². The Bertz CT molecular complexity index is 275. The van der Waals surface area contributed by atoms with Gasteiger partial charge in [0.2, 0.25) is 5.82 Å². The first-order valence-electron chi connectivity index (χ1n) is 6.11. The molecular weight excluding hydrogens is 238 g/mol. The number of anilines is 1. The van der Waals surface area contributed by atoms with Crippen molar-refractivity contribution in [2.24, 2.45) is 0 Å². The van der Waals surface area contributed by atoms with Crippen LogP contribution in [-0.4, -0.2) is 42.2 Å². The number of rotatable bonds is 2. The summed E-state index contributed by atoms with van der Waals surface area (Å²) < 4.78 is 18.6. The average Bonchev–Trinajstić information content (AvgIpc) is 2.92. The van der Waals surface area contributed by atoms with E-state index in [2.05, 4.69) is 13.6 Å². The lowest BCUT2D eigenvalue weighted by atomic mass is 10.4. The molecule has 1 aliphatic rings. The van der Waals surface area contributed by atoms with Crippen molar-refractivity contribution in [2.75, 3.05) is 38.3 Å². The van der Waals surface area contributed by atoms with Gasteiger partial charge in [0, 0.05) is 13.1 Å². The van der Waals surface area contributed by atoms with E-state index >= 15 is 0 Å². The van der Waals surface area contributed by atoms with Gasteiger partial charge in [0.25, 0.3) is 5.88 Å². The van der Waals surface area contributed by atoms with Crippen LogP contribution in [0.2, 0.25) is 0 Å². The maximum Gasteiger partial charge on any atom is 0.270 e. The fourth-order valence-corrected chi connectivity index (χ4v) is 1.81. The summed E-state index contributed by atoms with van der Waals surface area (Å²) in [5, 5.41) is 0. The third kappa shape index (κ3) is 4.87. The Morgan fingerprint density at radius 2 is 1.71 bits per heavy atom. The van der Waals surface area contributed by atoms with E-state index in [0.717, 1.165) is 32.1 Å². The van der Waals surface area contributed by atoms with Crippen LogP contribution in [0.25, 0.3) is 0 Å². The molecule has 1 aliphatic heterocycles. The lowest BCUT2D eigenvalue weighted by Gasteiger charge is -2.26. The number of hydrogen-bond donors (Lipinski definition) is 0. The zero-order valence-corrected chi connectivity index (χ0v) is 12.2. The Morgan fingerprint density at radius 3 is 2.24 bits per heavy atom. The normalized spacial score (nSPS) is 14.1. The van der Waals surface area contributed by atoms with E-state index in [0.29, 0.717) is 5.88 Å². The summed E-state index contributed by atoms with van der Waals surface area (Å²) in [4.78, 5) is 2.13. The van der Waals surface area contributed by atoms with Crippen LogP contribution in [-0.2, 0) is 4.74 Å². The van der Waals surface area contributed by atoms with Gasteiger partial charge in [0.05, 0.1) is 32.1 Å².